The number of nitrogens with zero attached hydrogens (tertiary/aromatic N) is 3. The van der Waals surface area contributed by atoms with E-state index in [9.17, 15) is 14.4 Å². The minimum Gasteiger partial charge on any atom is -0.456 e. The molecule has 0 saturated carbocycles. The number of carbonyl (C=O) groups excluding carboxylic acids is 3. The third-order valence-electron chi connectivity index (χ3n) is 5.17. The van der Waals surface area contributed by atoms with Crippen LogP contribution in [0.5, 0.6) is 0 Å². The van der Waals surface area contributed by atoms with Crippen molar-refractivity contribution in [2.24, 2.45) is 5.73 Å². The number of aryl methyl sites for hydroxylation is 1. The maximum Gasteiger partial charge on any atom is 0.289 e. The first-order chi connectivity index (χ1) is 14.4. The Labute approximate surface area is 176 Å². The summed E-state index contributed by atoms with van der Waals surface area (Å²) in [7, 11) is 0. The van der Waals surface area contributed by atoms with Gasteiger partial charge >= 0.3 is 0 Å². The quantitative estimate of drug-likeness (QED) is 0.703. The number of nitrogens with two attached hydrogens (primary N) is 1. The molecule has 0 unspecified atom stereocenters. The molecule has 30 heavy (non-hydrogen) atoms. The molecular formula is C22H28N4O4. The molecule has 0 radical (unpaired) electrons. The maximum absolute atomic E-state index is 12.9. The van der Waals surface area contributed by atoms with Gasteiger partial charge in [0.2, 0.25) is 11.8 Å². The lowest BCUT2D eigenvalue weighted by Crippen LogP contribution is -2.51. The van der Waals surface area contributed by atoms with Crippen molar-refractivity contribution >= 4 is 17.7 Å². The Bertz CT molecular complexity index is 872. The van der Waals surface area contributed by atoms with Gasteiger partial charge in [-0.3, -0.25) is 19.3 Å². The van der Waals surface area contributed by atoms with Gasteiger partial charge in [-0.2, -0.15) is 0 Å². The van der Waals surface area contributed by atoms with Gasteiger partial charge in [0, 0.05) is 45.7 Å². The number of amides is 3. The van der Waals surface area contributed by atoms with E-state index in [0.29, 0.717) is 50.8 Å². The predicted molar refractivity (Wildman–Crippen MR) is 111 cm³/mol. The van der Waals surface area contributed by atoms with E-state index in [-0.39, 0.29) is 24.8 Å². The van der Waals surface area contributed by atoms with E-state index in [0.717, 1.165) is 5.56 Å². The van der Waals surface area contributed by atoms with E-state index < -0.39 is 5.91 Å². The van der Waals surface area contributed by atoms with E-state index in [1.54, 1.807) is 28.9 Å². The van der Waals surface area contributed by atoms with Crippen LogP contribution in [-0.2, 0) is 16.1 Å². The van der Waals surface area contributed by atoms with Gasteiger partial charge < -0.3 is 20.0 Å². The van der Waals surface area contributed by atoms with Crippen LogP contribution in [0.2, 0.25) is 0 Å². The molecule has 0 bridgehead atoms. The van der Waals surface area contributed by atoms with Crippen molar-refractivity contribution < 1.29 is 18.8 Å². The van der Waals surface area contributed by atoms with Gasteiger partial charge in [-0.1, -0.05) is 30.3 Å². The highest BCUT2D eigenvalue weighted by atomic mass is 16.3. The van der Waals surface area contributed by atoms with Gasteiger partial charge in [0.25, 0.3) is 5.91 Å². The summed E-state index contributed by atoms with van der Waals surface area (Å²) in [6, 6.07) is 13.1. The molecule has 1 aromatic carbocycles. The van der Waals surface area contributed by atoms with Crippen LogP contribution >= 0.6 is 0 Å². The first kappa shape index (κ1) is 21.6. The number of carbonyl (C=O) groups is 3. The number of rotatable bonds is 8. The van der Waals surface area contributed by atoms with Crippen LogP contribution in [0.25, 0.3) is 0 Å². The average molecular weight is 412 g/mol. The van der Waals surface area contributed by atoms with E-state index in [2.05, 4.69) is 0 Å². The van der Waals surface area contributed by atoms with Gasteiger partial charge in [-0.25, -0.2) is 0 Å². The van der Waals surface area contributed by atoms with Crippen LogP contribution in [0.4, 0.5) is 0 Å². The summed E-state index contributed by atoms with van der Waals surface area (Å²) < 4.78 is 5.42. The SMILES string of the molecule is Cc1ccc(C(=O)N2CCN(CC(=O)N(CCC(N)=O)Cc3ccccc3)CC2)o1. The smallest absolute Gasteiger partial charge is 0.289 e. The van der Waals surface area contributed by atoms with Crippen LogP contribution in [0.1, 0.15) is 28.3 Å². The van der Waals surface area contributed by atoms with Crippen LogP contribution in [0.15, 0.2) is 46.9 Å². The first-order valence-electron chi connectivity index (χ1n) is 10.1. The summed E-state index contributed by atoms with van der Waals surface area (Å²) in [6.07, 6.45) is 0.128. The van der Waals surface area contributed by atoms with Crippen molar-refractivity contribution in [1.82, 2.24) is 14.7 Å². The van der Waals surface area contributed by atoms with Crippen molar-refractivity contribution in [2.75, 3.05) is 39.3 Å². The summed E-state index contributed by atoms with van der Waals surface area (Å²) in [5.74, 6) is 0.443. The molecule has 1 aliphatic heterocycles. The zero-order valence-corrected chi connectivity index (χ0v) is 17.3. The number of piperazine rings is 1. The lowest BCUT2D eigenvalue weighted by molar-refractivity contribution is -0.133. The number of hydrogen-bond donors (Lipinski definition) is 1. The third-order valence-corrected chi connectivity index (χ3v) is 5.17. The highest BCUT2D eigenvalue weighted by Crippen LogP contribution is 2.13. The molecule has 160 valence electrons. The van der Waals surface area contributed by atoms with E-state index in [1.165, 1.54) is 0 Å². The minimum absolute atomic E-state index is 0.0541. The van der Waals surface area contributed by atoms with Crippen molar-refractivity contribution in [2.45, 2.75) is 19.9 Å². The summed E-state index contributed by atoms with van der Waals surface area (Å²) in [4.78, 5) is 42.1. The van der Waals surface area contributed by atoms with Crippen LogP contribution in [0.3, 0.4) is 0 Å². The van der Waals surface area contributed by atoms with Crippen LogP contribution < -0.4 is 5.73 Å². The molecule has 0 atom stereocenters. The fourth-order valence-electron chi connectivity index (χ4n) is 3.45. The molecule has 8 nitrogen and oxygen atoms in total. The van der Waals surface area contributed by atoms with E-state index >= 15 is 0 Å². The lowest BCUT2D eigenvalue weighted by atomic mass is 10.2. The molecule has 8 heteroatoms. The maximum atomic E-state index is 12.9. The predicted octanol–water partition coefficient (Wildman–Crippen LogP) is 1.25. The number of furan rings is 1. The monoisotopic (exact) mass is 412 g/mol. The molecule has 1 fully saturated rings. The first-order valence-corrected chi connectivity index (χ1v) is 10.1. The second-order valence-electron chi connectivity index (χ2n) is 7.50. The fraction of sp³-hybridized carbons (Fsp3) is 0.409. The Hall–Kier alpha value is -3.13. The number of primary amides is 1. The summed E-state index contributed by atoms with van der Waals surface area (Å²) in [5.41, 5.74) is 6.28. The molecule has 1 saturated heterocycles. The molecule has 1 aliphatic rings. The zero-order chi connectivity index (χ0) is 21.5. The van der Waals surface area contributed by atoms with Crippen molar-refractivity contribution in [3.05, 3.63) is 59.5 Å². The summed E-state index contributed by atoms with van der Waals surface area (Å²) in [5, 5.41) is 0. The van der Waals surface area contributed by atoms with Crippen LogP contribution in [0, 0.1) is 6.92 Å². The Kier molecular flexibility index (Phi) is 7.24. The Morgan fingerprint density at radius 1 is 1.03 bits per heavy atom. The molecule has 2 aromatic rings. The highest BCUT2D eigenvalue weighted by molar-refractivity contribution is 5.91. The fourth-order valence-corrected chi connectivity index (χ4v) is 3.45. The van der Waals surface area contributed by atoms with Gasteiger partial charge in [-0.05, 0) is 24.6 Å². The minimum atomic E-state index is -0.429. The normalized spacial score (nSPS) is 14.5. The molecule has 2 heterocycles. The Morgan fingerprint density at radius 2 is 1.73 bits per heavy atom. The third kappa shape index (κ3) is 5.93. The Balaban J connectivity index is 1.54. The van der Waals surface area contributed by atoms with E-state index in [1.807, 2.05) is 35.2 Å². The van der Waals surface area contributed by atoms with Crippen molar-refractivity contribution in [3.63, 3.8) is 0 Å². The molecule has 0 spiro atoms. The van der Waals surface area contributed by atoms with Gasteiger partial charge in [0.15, 0.2) is 5.76 Å². The van der Waals surface area contributed by atoms with E-state index in [4.69, 9.17) is 10.2 Å². The molecule has 1 aromatic heterocycles. The second kappa shape index (κ2) is 10.1. The molecule has 3 amide bonds. The van der Waals surface area contributed by atoms with Gasteiger partial charge in [-0.15, -0.1) is 0 Å². The largest absolute Gasteiger partial charge is 0.456 e. The summed E-state index contributed by atoms with van der Waals surface area (Å²) in [6.45, 7) is 5.05. The van der Waals surface area contributed by atoms with Crippen molar-refractivity contribution in [1.29, 1.82) is 0 Å². The molecule has 0 aliphatic carbocycles. The molecule has 3 rings (SSSR count). The number of hydrogen-bond acceptors (Lipinski definition) is 5. The van der Waals surface area contributed by atoms with Gasteiger partial charge in [0.1, 0.15) is 5.76 Å². The van der Waals surface area contributed by atoms with Crippen molar-refractivity contribution in [3.8, 4) is 0 Å². The second-order valence-corrected chi connectivity index (χ2v) is 7.50. The standard InChI is InChI=1S/C22H28N4O4/c1-17-7-8-19(30-17)22(29)25-13-11-24(12-14-25)16-21(28)26(10-9-20(23)27)15-18-5-3-2-4-6-18/h2-8H,9-16H2,1H3,(H2,23,27). The molecule has 2 N–H and O–H groups in total. The highest BCUT2D eigenvalue weighted by Gasteiger charge is 2.26. The Morgan fingerprint density at radius 3 is 2.33 bits per heavy atom. The number of benzene rings is 1. The zero-order valence-electron chi connectivity index (χ0n) is 17.3. The summed E-state index contributed by atoms with van der Waals surface area (Å²) >= 11 is 0. The topological polar surface area (TPSA) is 100 Å². The average Bonchev–Trinajstić information content (AvgIpc) is 3.18. The van der Waals surface area contributed by atoms with Crippen LogP contribution in [-0.4, -0.2) is 71.7 Å². The molecular weight excluding hydrogens is 384 g/mol. The van der Waals surface area contributed by atoms with Gasteiger partial charge in [0.05, 0.1) is 6.54 Å². The lowest BCUT2D eigenvalue weighted by Gasteiger charge is -2.35.